The Balaban J connectivity index is 0. The first-order valence-electron chi connectivity index (χ1n) is 2.23. The van der Waals surface area contributed by atoms with Gasteiger partial charge in [0.25, 0.3) is 0 Å². The molecular formula is C3H9N3O3S. The summed E-state index contributed by atoms with van der Waals surface area (Å²) in [7, 11) is 1.05. The fourth-order valence-electron chi connectivity index (χ4n) is 0.0735. The number of nitrogens with two attached hydrogens (primary N) is 1. The van der Waals surface area contributed by atoms with E-state index in [-0.39, 0.29) is 0 Å². The van der Waals surface area contributed by atoms with Gasteiger partial charge in [0.05, 0.1) is 0 Å². The van der Waals surface area contributed by atoms with Crippen molar-refractivity contribution < 1.29 is 13.2 Å². The second kappa shape index (κ2) is 8.05. The van der Waals surface area contributed by atoms with Gasteiger partial charge in [-0.3, -0.25) is 0 Å². The summed E-state index contributed by atoms with van der Waals surface area (Å²) in [5.41, 5.74) is 4.29. The maximum atomic E-state index is 9.47. The van der Waals surface area contributed by atoms with Crippen LogP contribution in [0.25, 0.3) is 0 Å². The molecule has 0 saturated carbocycles. The van der Waals surface area contributed by atoms with Crippen molar-refractivity contribution in [1.29, 1.82) is 0 Å². The second-order valence-corrected chi connectivity index (χ2v) is 1.76. The molecule has 6 nitrogen and oxygen atoms in total. The number of primary amides is 1. The average molecular weight is 167 g/mol. The summed E-state index contributed by atoms with van der Waals surface area (Å²) in [6.45, 7) is 0. The molecule has 0 aromatic carbocycles. The Hall–Kier alpha value is -0.950. The molecule has 0 unspecified atom stereocenters. The third kappa shape index (κ3) is 27.7. The predicted octanol–water partition coefficient (Wildman–Crippen LogP) is -1.04. The Bertz CT molecular complexity index is 199. The molecule has 10 heavy (non-hydrogen) atoms. The molecule has 0 fully saturated rings. The van der Waals surface area contributed by atoms with Crippen molar-refractivity contribution in [3.8, 4) is 0 Å². The number of urea groups is 1. The Morgan fingerprint density at radius 3 is 1.80 bits per heavy atom. The van der Waals surface area contributed by atoms with Gasteiger partial charge in [-0.2, -0.15) is 8.42 Å². The highest BCUT2D eigenvalue weighted by atomic mass is 32.2. The molecule has 0 rings (SSSR count). The number of amides is 2. The molecule has 0 aliphatic carbocycles. The zero-order valence-corrected chi connectivity index (χ0v) is 6.47. The lowest BCUT2D eigenvalue weighted by atomic mass is 11.2. The molecule has 0 bridgehead atoms. The fourth-order valence-corrected chi connectivity index (χ4v) is 0.220. The van der Waals surface area contributed by atoms with Crippen LogP contribution in [-0.4, -0.2) is 28.5 Å². The van der Waals surface area contributed by atoms with Gasteiger partial charge in [0.2, 0.25) is 0 Å². The van der Waals surface area contributed by atoms with Crippen LogP contribution >= 0.6 is 0 Å². The Kier molecular flexibility index (Phi) is 9.50. The van der Waals surface area contributed by atoms with Gasteiger partial charge >= 0.3 is 16.5 Å². The number of nitrogens with zero attached hydrogens (tertiary/aromatic N) is 1. The van der Waals surface area contributed by atoms with Crippen LogP contribution in [0.4, 0.5) is 4.79 Å². The Labute approximate surface area is 60.1 Å². The van der Waals surface area contributed by atoms with Crippen molar-refractivity contribution in [3.63, 3.8) is 0 Å². The Morgan fingerprint density at radius 1 is 1.50 bits per heavy atom. The molecule has 0 saturated heterocycles. The summed E-state index contributed by atoms with van der Waals surface area (Å²) < 4.78 is 21.0. The lowest BCUT2D eigenvalue weighted by Gasteiger charge is -1.64. The lowest BCUT2D eigenvalue weighted by Crippen LogP contribution is -2.02. The van der Waals surface area contributed by atoms with Crippen molar-refractivity contribution in [2.75, 3.05) is 14.1 Å². The number of hydrogen-bond donors (Lipinski definition) is 2. The standard InChI is InChI=1S/C2H7N.CH2N2O3S/c1-3-2;2-1(4)3-7(5)6/h3H,1-2H3;(H2,2,4). The number of rotatable bonds is 0. The van der Waals surface area contributed by atoms with Crippen LogP contribution in [0.15, 0.2) is 4.36 Å². The van der Waals surface area contributed by atoms with E-state index in [0.717, 1.165) is 0 Å². The highest BCUT2D eigenvalue weighted by Gasteiger charge is 1.80. The molecule has 0 heterocycles. The first kappa shape index (κ1) is 11.8. The Morgan fingerprint density at radius 2 is 1.80 bits per heavy atom. The zero-order valence-electron chi connectivity index (χ0n) is 5.66. The summed E-state index contributed by atoms with van der Waals surface area (Å²) in [6.07, 6.45) is 0. The van der Waals surface area contributed by atoms with Crippen LogP contribution in [0.5, 0.6) is 0 Å². The van der Waals surface area contributed by atoms with Crippen molar-refractivity contribution in [2.45, 2.75) is 0 Å². The minimum atomic E-state index is -2.70. The van der Waals surface area contributed by atoms with Gasteiger partial charge in [0.1, 0.15) is 0 Å². The quantitative estimate of drug-likeness (QED) is 0.481. The molecule has 0 aromatic rings. The molecule has 0 aliphatic rings. The predicted molar refractivity (Wildman–Crippen MR) is 35.9 cm³/mol. The van der Waals surface area contributed by atoms with Gasteiger partial charge in [-0.15, -0.1) is 0 Å². The summed E-state index contributed by atoms with van der Waals surface area (Å²) in [6, 6.07) is -1.20. The maximum absolute atomic E-state index is 9.47. The summed E-state index contributed by atoms with van der Waals surface area (Å²) in [5, 5.41) is 2.75. The first-order chi connectivity index (χ1) is 4.54. The van der Waals surface area contributed by atoms with E-state index >= 15 is 0 Å². The molecule has 0 aliphatic heterocycles. The highest BCUT2D eigenvalue weighted by molar-refractivity contribution is 7.62. The molecule has 0 aromatic heterocycles. The SMILES string of the molecule is CNC.NC(=O)N=S(=O)=O. The van der Waals surface area contributed by atoms with Crippen LogP contribution in [0.1, 0.15) is 0 Å². The molecule has 3 N–H and O–H groups in total. The zero-order chi connectivity index (χ0) is 8.57. The molecule has 0 radical (unpaired) electrons. The van der Waals surface area contributed by atoms with Gasteiger partial charge in [-0.25, -0.2) is 4.79 Å². The summed E-state index contributed by atoms with van der Waals surface area (Å²) >= 11 is 0. The van der Waals surface area contributed by atoms with E-state index in [9.17, 15) is 13.2 Å². The topological polar surface area (TPSA) is 102 Å². The van der Waals surface area contributed by atoms with Crippen LogP contribution in [0.2, 0.25) is 0 Å². The normalized spacial score (nSPS) is 7.00. The number of carbonyl (C=O) groups is 1. The number of carbonyl (C=O) groups excluding carboxylic acids is 1. The van der Waals surface area contributed by atoms with E-state index in [1.54, 1.807) is 0 Å². The molecular weight excluding hydrogens is 158 g/mol. The molecule has 0 spiro atoms. The van der Waals surface area contributed by atoms with Crippen LogP contribution in [-0.2, 0) is 10.5 Å². The summed E-state index contributed by atoms with van der Waals surface area (Å²) in [4.78, 5) is 9.47. The van der Waals surface area contributed by atoms with Crippen LogP contribution < -0.4 is 11.1 Å². The minimum Gasteiger partial charge on any atom is -0.349 e. The first-order valence-corrected chi connectivity index (χ1v) is 3.26. The van der Waals surface area contributed by atoms with Gasteiger partial charge in [-0.1, -0.05) is 4.36 Å². The van der Waals surface area contributed by atoms with Crippen molar-refractivity contribution >= 4 is 16.5 Å². The van der Waals surface area contributed by atoms with E-state index in [0.29, 0.717) is 0 Å². The van der Waals surface area contributed by atoms with Gasteiger partial charge in [-0.05, 0) is 14.1 Å². The van der Waals surface area contributed by atoms with Gasteiger partial charge < -0.3 is 11.1 Å². The van der Waals surface area contributed by atoms with E-state index in [2.05, 4.69) is 15.4 Å². The lowest BCUT2D eigenvalue weighted by molar-refractivity contribution is 0.257. The monoisotopic (exact) mass is 167 g/mol. The van der Waals surface area contributed by atoms with Crippen molar-refractivity contribution in [1.82, 2.24) is 5.32 Å². The van der Waals surface area contributed by atoms with Crippen LogP contribution in [0, 0.1) is 0 Å². The van der Waals surface area contributed by atoms with E-state index in [1.165, 1.54) is 0 Å². The fraction of sp³-hybridized carbons (Fsp3) is 0.667. The van der Waals surface area contributed by atoms with Crippen LogP contribution in [0.3, 0.4) is 0 Å². The molecule has 0 atom stereocenters. The third-order valence-electron chi connectivity index (χ3n) is 0.165. The summed E-state index contributed by atoms with van der Waals surface area (Å²) in [5.74, 6) is 0. The van der Waals surface area contributed by atoms with Crippen molar-refractivity contribution in [2.24, 2.45) is 10.1 Å². The molecule has 2 amide bonds. The highest BCUT2D eigenvalue weighted by Crippen LogP contribution is 1.60. The molecule has 7 heteroatoms. The number of nitrogens with one attached hydrogen (secondary N) is 1. The molecule has 60 valence electrons. The maximum Gasteiger partial charge on any atom is 0.353 e. The van der Waals surface area contributed by atoms with Crippen molar-refractivity contribution in [3.05, 3.63) is 0 Å². The smallest absolute Gasteiger partial charge is 0.349 e. The van der Waals surface area contributed by atoms with Gasteiger partial charge in [0, 0.05) is 0 Å². The second-order valence-electron chi connectivity index (χ2n) is 1.15. The van der Waals surface area contributed by atoms with Gasteiger partial charge in [0.15, 0.2) is 0 Å². The largest absolute Gasteiger partial charge is 0.353 e. The van der Waals surface area contributed by atoms with E-state index in [1.807, 2.05) is 14.1 Å². The average Bonchev–Trinajstić information content (AvgIpc) is 1.62. The van der Waals surface area contributed by atoms with E-state index < -0.39 is 16.5 Å². The minimum absolute atomic E-state index is 1.20. The van der Waals surface area contributed by atoms with E-state index in [4.69, 9.17) is 0 Å². The number of hydrogen-bond acceptors (Lipinski definition) is 4. The third-order valence-corrected chi connectivity index (χ3v) is 0.494.